The molecule has 96 valence electrons. The van der Waals surface area contributed by atoms with Crippen molar-refractivity contribution in [1.82, 2.24) is 0 Å². The van der Waals surface area contributed by atoms with Crippen molar-refractivity contribution in [2.45, 2.75) is 11.0 Å². The molecular formula is C13H13ClO2S2. The monoisotopic (exact) mass is 300 g/mol. The molecule has 0 radical (unpaired) electrons. The van der Waals surface area contributed by atoms with Crippen LogP contribution in [0.25, 0.3) is 5.03 Å². The van der Waals surface area contributed by atoms with Gasteiger partial charge in [0.05, 0.1) is 10.1 Å². The summed E-state index contributed by atoms with van der Waals surface area (Å²) in [5.74, 6) is 1.44. The second kappa shape index (κ2) is 6.55. The van der Waals surface area contributed by atoms with Crippen molar-refractivity contribution < 1.29 is 9.90 Å². The number of hydrogen-bond donors (Lipinski definition) is 1. The van der Waals surface area contributed by atoms with E-state index in [4.69, 9.17) is 16.7 Å². The van der Waals surface area contributed by atoms with Gasteiger partial charge in [-0.05, 0) is 41.7 Å². The molecule has 5 heteroatoms. The summed E-state index contributed by atoms with van der Waals surface area (Å²) in [7, 11) is 0. The minimum absolute atomic E-state index is 0.282. The van der Waals surface area contributed by atoms with E-state index in [-0.39, 0.29) is 5.56 Å². The minimum atomic E-state index is -0.917. The van der Waals surface area contributed by atoms with Crippen molar-refractivity contribution in [3.05, 3.63) is 41.5 Å². The number of carbonyl (C=O) groups is 1. The molecule has 0 aromatic heterocycles. The maximum absolute atomic E-state index is 10.7. The Morgan fingerprint density at radius 2 is 1.78 bits per heavy atom. The summed E-state index contributed by atoms with van der Waals surface area (Å²) in [6.45, 7) is 0. The summed E-state index contributed by atoms with van der Waals surface area (Å²) < 4.78 is 0.408. The van der Waals surface area contributed by atoms with Crippen LogP contribution in [0.2, 0.25) is 0 Å². The Bertz CT molecular complexity index is 451. The number of hydrogen-bond acceptors (Lipinski definition) is 3. The van der Waals surface area contributed by atoms with Crippen LogP contribution in [-0.4, -0.2) is 27.2 Å². The second-order valence-corrected chi connectivity index (χ2v) is 7.07. The Kier molecular flexibility index (Phi) is 5.03. The summed E-state index contributed by atoms with van der Waals surface area (Å²) in [6, 6.07) is 6.66. The van der Waals surface area contributed by atoms with Gasteiger partial charge in [0.15, 0.2) is 0 Å². The fraction of sp³-hybridized carbons (Fsp3) is 0.308. The zero-order valence-electron chi connectivity index (χ0n) is 9.64. The minimum Gasteiger partial charge on any atom is -0.478 e. The average molecular weight is 301 g/mol. The van der Waals surface area contributed by atoms with E-state index in [1.807, 2.05) is 29.6 Å². The van der Waals surface area contributed by atoms with E-state index < -0.39 is 5.97 Å². The summed E-state index contributed by atoms with van der Waals surface area (Å²) in [5.41, 5.74) is 1.15. The molecule has 2 nitrogen and oxygen atoms in total. The van der Waals surface area contributed by atoms with E-state index >= 15 is 0 Å². The van der Waals surface area contributed by atoms with E-state index in [9.17, 15) is 4.79 Å². The number of benzene rings is 1. The lowest BCUT2D eigenvalue weighted by Crippen LogP contribution is -2.03. The number of thioether (sulfide) groups is 2. The first-order valence-corrected chi connectivity index (χ1v) is 8.08. The summed E-state index contributed by atoms with van der Waals surface area (Å²) >= 11 is 10.1. The number of aromatic carboxylic acids is 1. The fourth-order valence-electron chi connectivity index (χ4n) is 1.59. The van der Waals surface area contributed by atoms with E-state index in [1.165, 1.54) is 17.9 Å². The molecule has 18 heavy (non-hydrogen) atoms. The van der Waals surface area contributed by atoms with Crippen LogP contribution in [0, 0.1) is 0 Å². The van der Waals surface area contributed by atoms with Crippen LogP contribution in [0.1, 0.15) is 22.3 Å². The average Bonchev–Trinajstić information content (AvgIpc) is 2.40. The third kappa shape index (κ3) is 3.70. The summed E-state index contributed by atoms with van der Waals surface area (Å²) in [5, 5.41) is 9.51. The quantitative estimate of drug-likeness (QED) is 0.909. The Morgan fingerprint density at radius 1 is 1.22 bits per heavy atom. The van der Waals surface area contributed by atoms with Gasteiger partial charge in [-0.15, -0.1) is 23.5 Å². The third-order valence-electron chi connectivity index (χ3n) is 2.54. The van der Waals surface area contributed by atoms with Gasteiger partial charge in [-0.3, -0.25) is 0 Å². The molecule has 1 heterocycles. The molecule has 1 aromatic carbocycles. The fourth-order valence-corrected chi connectivity index (χ4v) is 4.69. The van der Waals surface area contributed by atoms with Gasteiger partial charge in [0.25, 0.3) is 0 Å². The lowest BCUT2D eigenvalue weighted by atomic mass is 10.1. The van der Waals surface area contributed by atoms with Gasteiger partial charge in [0.1, 0.15) is 0 Å². The number of rotatable bonds is 3. The first kappa shape index (κ1) is 13.8. The number of carboxylic acids is 1. The molecule has 0 amide bonds. The maximum atomic E-state index is 10.7. The molecule has 0 bridgehead atoms. The van der Waals surface area contributed by atoms with Crippen molar-refractivity contribution in [2.24, 2.45) is 0 Å². The van der Waals surface area contributed by atoms with Crippen LogP contribution in [0.5, 0.6) is 0 Å². The molecule has 0 saturated carbocycles. The molecule has 1 saturated heterocycles. The first-order chi connectivity index (χ1) is 8.66. The molecule has 0 unspecified atom stereocenters. The SMILES string of the molecule is O=C(O)c1ccc(/C(Cl)=C/C2SCCCS2)cc1. The van der Waals surface area contributed by atoms with E-state index in [1.54, 1.807) is 24.3 Å². The molecule has 0 spiro atoms. The molecule has 2 rings (SSSR count). The predicted molar refractivity (Wildman–Crippen MR) is 80.6 cm³/mol. The zero-order valence-corrected chi connectivity index (χ0v) is 12.0. The zero-order chi connectivity index (χ0) is 13.0. The van der Waals surface area contributed by atoms with E-state index in [0.29, 0.717) is 9.61 Å². The van der Waals surface area contributed by atoms with Crippen molar-refractivity contribution in [2.75, 3.05) is 11.5 Å². The third-order valence-corrected chi connectivity index (χ3v) is 5.68. The van der Waals surface area contributed by atoms with Crippen molar-refractivity contribution in [1.29, 1.82) is 0 Å². The Hall–Kier alpha value is -0.580. The highest BCUT2D eigenvalue weighted by molar-refractivity contribution is 8.17. The van der Waals surface area contributed by atoms with Gasteiger partial charge >= 0.3 is 5.97 Å². The first-order valence-electron chi connectivity index (χ1n) is 5.61. The molecule has 1 aromatic rings. The smallest absolute Gasteiger partial charge is 0.335 e. The van der Waals surface area contributed by atoms with Gasteiger partial charge in [0.2, 0.25) is 0 Å². The second-order valence-electron chi connectivity index (χ2n) is 3.86. The van der Waals surface area contributed by atoms with Gasteiger partial charge in [-0.2, -0.15) is 0 Å². The molecule has 1 aliphatic rings. The molecule has 0 atom stereocenters. The van der Waals surface area contributed by atoms with Gasteiger partial charge < -0.3 is 5.11 Å². The maximum Gasteiger partial charge on any atom is 0.335 e. The topological polar surface area (TPSA) is 37.3 Å². The van der Waals surface area contributed by atoms with Gasteiger partial charge in [-0.25, -0.2) is 4.79 Å². The largest absolute Gasteiger partial charge is 0.478 e. The Morgan fingerprint density at radius 3 is 2.33 bits per heavy atom. The summed E-state index contributed by atoms with van der Waals surface area (Å²) in [4.78, 5) is 10.7. The van der Waals surface area contributed by atoms with Crippen LogP contribution in [0.4, 0.5) is 0 Å². The van der Waals surface area contributed by atoms with E-state index in [2.05, 4.69) is 0 Å². The van der Waals surface area contributed by atoms with Crippen molar-refractivity contribution in [3.63, 3.8) is 0 Å². The van der Waals surface area contributed by atoms with Crippen LogP contribution in [0.15, 0.2) is 30.3 Å². The summed E-state index contributed by atoms with van der Waals surface area (Å²) in [6.07, 6.45) is 3.30. The normalized spacial score (nSPS) is 17.7. The van der Waals surface area contributed by atoms with Gasteiger partial charge in [-0.1, -0.05) is 23.7 Å². The Balaban J connectivity index is 2.09. The predicted octanol–water partition coefficient (Wildman–Crippen LogP) is 4.16. The molecule has 1 fully saturated rings. The lowest BCUT2D eigenvalue weighted by molar-refractivity contribution is 0.0697. The highest BCUT2D eigenvalue weighted by atomic mass is 35.5. The molecule has 1 aliphatic heterocycles. The van der Waals surface area contributed by atoms with Crippen LogP contribution in [0.3, 0.4) is 0 Å². The van der Waals surface area contributed by atoms with Crippen LogP contribution in [-0.2, 0) is 0 Å². The van der Waals surface area contributed by atoms with E-state index in [0.717, 1.165) is 5.56 Å². The van der Waals surface area contributed by atoms with Crippen molar-refractivity contribution in [3.8, 4) is 0 Å². The highest BCUT2D eigenvalue weighted by Crippen LogP contribution is 2.34. The molecule has 0 aliphatic carbocycles. The highest BCUT2D eigenvalue weighted by Gasteiger charge is 2.13. The van der Waals surface area contributed by atoms with Crippen molar-refractivity contribution >= 4 is 46.1 Å². The van der Waals surface area contributed by atoms with Gasteiger partial charge in [0, 0.05) is 5.03 Å². The lowest BCUT2D eigenvalue weighted by Gasteiger charge is -2.17. The molecular weight excluding hydrogens is 288 g/mol. The van der Waals surface area contributed by atoms with Crippen LogP contribution >= 0.6 is 35.1 Å². The van der Waals surface area contributed by atoms with Crippen LogP contribution < -0.4 is 0 Å². The number of halogens is 1. The molecule has 1 N–H and O–H groups in total. The number of carboxylic acid groups (broad SMARTS) is 1. The standard InChI is InChI=1S/C13H13ClO2S2/c14-11(8-12-17-6-1-7-18-12)9-2-4-10(5-3-9)13(15)16/h2-5,8,12H,1,6-7H2,(H,15,16)/b11-8-. The Labute approximate surface area is 120 Å².